The Morgan fingerprint density at radius 3 is 2.50 bits per heavy atom. The summed E-state index contributed by atoms with van der Waals surface area (Å²) in [6.45, 7) is 4.80. The molecule has 0 aromatic heterocycles. The lowest BCUT2D eigenvalue weighted by Gasteiger charge is -2.35. The van der Waals surface area contributed by atoms with Crippen LogP contribution in [0.25, 0.3) is 0 Å². The van der Waals surface area contributed by atoms with Crippen molar-refractivity contribution in [2.75, 3.05) is 37.6 Å². The maximum absolute atomic E-state index is 13.0. The van der Waals surface area contributed by atoms with E-state index >= 15 is 0 Å². The van der Waals surface area contributed by atoms with Crippen LogP contribution in [0.3, 0.4) is 0 Å². The van der Waals surface area contributed by atoms with E-state index in [2.05, 4.69) is 16.3 Å². The molecule has 2 heterocycles. The second kappa shape index (κ2) is 7.19. The van der Waals surface area contributed by atoms with E-state index in [1.54, 1.807) is 24.3 Å². The molecule has 0 saturated carbocycles. The van der Waals surface area contributed by atoms with Crippen molar-refractivity contribution in [2.24, 2.45) is 0 Å². The smallest absolute Gasteiger partial charge is 0.244 e. The Morgan fingerprint density at radius 2 is 1.73 bits per heavy atom. The van der Waals surface area contributed by atoms with Crippen molar-refractivity contribution in [3.63, 3.8) is 0 Å². The summed E-state index contributed by atoms with van der Waals surface area (Å²) in [5, 5.41) is 3.64. The topological polar surface area (TPSA) is 52.7 Å². The number of hydrogen-bond acceptors (Lipinski definition) is 4. The van der Waals surface area contributed by atoms with Crippen LogP contribution in [0.5, 0.6) is 0 Å². The lowest BCUT2D eigenvalue weighted by molar-refractivity contribution is 0.391. The predicted octanol–water partition coefficient (Wildman–Crippen LogP) is 2.50. The van der Waals surface area contributed by atoms with Crippen LogP contribution in [0.4, 0.5) is 5.69 Å². The third kappa shape index (κ3) is 3.22. The molecule has 7 heteroatoms. The highest BCUT2D eigenvalue weighted by atomic mass is 35.5. The number of halogens is 1. The molecule has 5 nitrogen and oxygen atoms in total. The van der Waals surface area contributed by atoms with E-state index in [0.717, 1.165) is 38.2 Å². The Hall–Kier alpha value is -1.60. The minimum atomic E-state index is -3.60. The molecule has 1 N–H and O–H groups in total. The number of hydrogen-bond donors (Lipinski definition) is 1. The molecule has 2 aliphatic heterocycles. The first-order valence-electron chi connectivity index (χ1n) is 8.88. The van der Waals surface area contributed by atoms with Gasteiger partial charge in [-0.3, -0.25) is 0 Å². The van der Waals surface area contributed by atoms with Crippen molar-refractivity contribution in [1.82, 2.24) is 9.62 Å². The number of nitrogens with one attached hydrogen (secondary N) is 1. The molecule has 4 rings (SSSR count). The van der Waals surface area contributed by atoms with Gasteiger partial charge in [0.15, 0.2) is 0 Å². The monoisotopic (exact) mass is 391 g/mol. The molecule has 0 unspecified atom stereocenters. The minimum Gasteiger partial charge on any atom is -0.369 e. The van der Waals surface area contributed by atoms with Crippen LogP contribution in [0.15, 0.2) is 47.4 Å². The molecule has 26 heavy (non-hydrogen) atoms. The highest BCUT2D eigenvalue weighted by Gasteiger charge is 2.31. The lowest BCUT2D eigenvalue weighted by Crippen LogP contribution is -2.44. The second-order valence-electron chi connectivity index (χ2n) is 6.67. The SMILES string of the molecule is O=S(=O)(c1ccccc1Cl)N1CCc2c(cccc2N2CCNCC2)C1. The number of rotatable bonds is 3. The average molecular weight is 392 g/mol. The van der Waals surface area contributed by atoms with E-state index in [1.165, 1.54) is 15.6 Å². The first-order valence-corrected chi connectivity index (χ1v) is 10.7. The Bertz CT molecular complexity index is 911. The van der Waals surface area contributed by atoms with Crippen LogP contribution in [-0.4, -0.2) is 45.4 Å². The first-order chi connectivity index (χ1) is 12.6. The molecule has 1 fully saturated rings. The Labute approximate surface area is 159 Å². The van der Waals surface area contributed by atoms with Crippen molar-refractivity contribution >= 4 is 27.3 Å². The van der Waals surface area contributed by atoms with E-state index in [0.29, 0.717) is 13.1 Å². The summed E-state index contributed by atoms with van der Waals surface area (Å²) in [4.78, 5) is 2.58. The fraction of sp³-hybridized carbons (Fsp3) is 0.368. The van der Waals surface area contributed by atoms with Crippen LogP contribution >= 0.6 is 11.6 Å². The van der Waals surface area contributed by atoms with Crippen molar-refractivity contribution in [2.45, 2.75) is 17.9 Å². The molecule has 0 amide bonds. The Balaban J connectivity index is 1.63. The molecule has 138 valence electrons. The summed E-state index contributed by atoms with van der Waals surface area (Å²) >= 11 is 6.14. The molecule has 0 bridgehead atoms. The standard InChI is InChI=1S/C19H22ClN3O2S/c20-17-5-1-2-7-19(17)26(24,25)23-11-8-16-15(14-23)4-3-6-18(16)22-12-9-21-10-13-22/h1-7,21H,8-14H2. The summed E-state index contributed by atoms with van der Waals surface area (Å²) in [5.41, 5.74) is 3.61. The van der Waals surface area contributed by atoms with Gasteiger partial charge in [0.05, 0.1) is 5.02 Å². The summed E-state index contributed by atoms with van der Waals surface area (Å²) in [6, 6.07) is 12.9. The van der Waals surface area contributed by atoms with Crippen molar-refractivity contribution < 1.29 is 8.42 Å². The molecule has 2 aromatic carbocycles. The van der Waals surface area contributed by atoms with Gasteiger partial charge in [-0.1, -0.05) is 35.9 Å². The Morgan fingerprint density at radius 1 is 0.962 bits per heavy atom. The molecule has 0 atom stereocenters. The maximum atomic E-state index is 13.0. The van der Waals surface area contributed by atoms with Crippen LogP contribution in [0.1, 0.15) is 11.1 Å². The zero-order valence-corrected chi connectivity index (χ0v) is 16.1. The molecule has 0 aliphatic carbocycles. The van der Waals surface area contributed by atoms with Gasteiger partial charge in [0.2, 0.25) is 10.0 Å². The van der Waals surface area contributed by atoms with Gasteiger partial charge in [-0.05, 0) is 35.7 Å². The average Bonchev–Trinajstić information content (AvgIpc) is 2.68. The number of piperazine rings is 1. The molecular formula is C19H22ClN3O2S. The quantitative estimate of drug-likeness (QED) is 0.873. The number of sulfonamides is 1. The molecule has 2 aromatic rings. The van der Waals surface area contributed by atoms with Crippen LogP contribution in [0.2, 0.25) is 5.02 Å². The molecule has 0 radical (unpaired) electrons. The number of anilines is 1. The third-order valence-corrected chi connectivity index (χ3v) is 7.46. The fourth-order valence-corrected chi connectivity index (χ4v) is 5.68. The normalized spacial score (nSPS) is 18.6. The Kier molecular flexibility index (Phi) is 4.92. The van der Waals surface area contributed by atoms with E-state index in [-0.39, 0.29) is 9.92 Å². The minimum absolute atomic E-state index is 0.184. The first kappa shape index (κ1) is 17.8. The fourth-order valence-electron chi connectivity index (χ4n) is 3.76. The highest BCUT2D eigenvalue weighted by Crippen LogP contribution is 2.33. The summed E-state index contributed by atoms with van der Waals surface area (Å²) < 4.78 is 27.6. The zero-order chi connectivity index (χ0) is 18.1. The van der Waals surface area contributed by atoms with Gasteiger partial charge in [0.25, 0.3) is 0 Å². The van der Waals surface area contributed by atoms with Gasteiger partial charge in [0, 0.05) is 45.0 Å². The summed E-state index contributed by atoms with van der Waals surface area (Å²) in [5.74, 6) is 0. The van der Waals surface area contributed by atoms with Crippen LogP contribution in [0, 0.1) is 0 Å². The number of nitrogens with zero attached hydrogens (tertiary/aromatic N) is 2. The van der Waals surface area contributed by atoms with Crippen LogP contribution in [-0.2, 0) is 23.0 Å². The zero-order valence-electron chi connectivity index (χ0n) is 14.5. The molecule has 0 spiro atoms. The van der Waals surface area contributed by atoms with Crippen molar-refractivity contribution in [1.29, 1.82) is 0 Å². The summed E-state index contributed by atoms with van der Waals surface area (Å²) in [6.07, 6.45) is 0.721. The van der Waals surface area contributed by atoms with E-state index < -0.39 is 10.0 Å². The number of fused-ring (bicyclic) bond motifs is 1. The maximum Gasteiger partial charge on any atom is 0.244 e. The van der Waals surface area contributed by atoms with E-state index in [1.807, 2.05) is 12.1 Å². The number of benzene rings is 2. The summed E-state index contributed by atoms with van der Waals surface area (Å²) in [7, 11) is -3.60. The largest absolute Gasteiger partial charge is 0.369 e. The van der Waals surface area contributed by atoms with Crippen molar-refractivity contribution in [3.8, 4) is 0 Å². The van der Waals surface area contributed by atoms with E-state index in [9.17, 15) is 8.42 Å². The molecule has 2 aliphatic rings. The lowest BCUT2D eigenvalue weighted by atomic mass is 9.98. The highest BCUT2D eigenvalue weighted by molar-refractivity contribution is 7.89. The van der Waals surface area contributed by atoms with Gasteiger partial charge in [-0.15, -0.1) is 0 Å². The molecular weight excluding hydrogens is 370 g/mol. The van der Waals surface area contributed by atoms with Gasteiger partial charge in [0.1, 0.15) is 4.90 Å². The second-order valence-corrected chi connectivity index (χ2v) is 8.98. The molecule has 1 saturated heterocycles. The van der Waals surface area contributed by atoms with E-state index in [4.69, 9.17) is 11.6 Å². The van der Waals surface area contributed by atoms with Crippen LogP contribution < -0.4 is 10.2 Å². The van der Waals surface area contributed by atoms with Gasteiger partial charge in [-0.2, -0.15) is 4.31 Å². The van der Waals surface area contributed by atoms with Gasteiger partial charge < -0.3 is 10.2 Å². The third-order valence-electron chi connectivity index (χ3n) is 5.12. The van der Waals surface area contributed by atoms with Gasteiger partial charge in [-0.25, -0.2) is 8.42 Å². The van der Waals surface area contributed by atoms with Gasteiger partial charge >= 0.3 is 0 Å². The van der Waals surface area contributed by atoms with Crippen molar-refractivity contribution in [3.05, 3.63) is 58.6 Å². The predicted molar refractivity (Wildman–Crippen MR) is 104 cm³/mol.